The maximum atomic E-state index is 13.7. The van der Waals surface area contributed by atoms with Gasteiger partial charge in [0.05, 0.1) is 37.0 Å². The van der Waals surface area contributed by atoms with E-state index in [9.17, 15) is 9.90 Å². The standard InChI is InChI=1S/C30H34N4O3/c1-21-19-33(20-31-21)27-11-4-22(18-28(27)35)17-25-3-2-12-34(30(25)36)29(23-5-6-23)24-7-9-26(10-8-24)32-13-15-37-16-14-32/h4,7-11,17-20,23,29,35H,2-3,5-6,12-16H2,1H3/b25-17+/t29-/m0/s1. The van der Waals surface area contributed by atoms with Gasteiger partial charge in [-0.05, 0) is 80.0 Å². The number of amides is 1. The van der Waals surface area contributed by atoms with E-state index in [-0.39, 0.29) is 17.7 Å². The topological polar surface area (TPSA) is 70.8 Å². The van der Waals surface area contributed by atoms with E-state index >= 15 is 0 Å². The number of phenols is 1. The van der Waals surface area contributed by atoms with Crippen LogP contribution in [0.2, 0.25) is 0 Å². The Morgan fingerprint density at radius 1 is 1.08 bits per heavy atom. The fourth-order valence-corrected chi connectivity index (χ4v) is 5.66. The Labute approximate surface area is 218 Å². The molecule has 0 bridgehead atoms. The van der Waals surface area contributed by atoms with Crippen molar-refractivity contribution in [2.24, 2.45) is 5.92 Å². The Morgan fingerprint density at radius 2 is 1.86 bits per heavy atom. The van der Waals surface area contributed by atoms with E-state index in [1.54, 1.807) is 17.0 Å². The van der Waals surface area contributed by atoms with E-state index < -0.39 is 0 Å². The zero-order valence-corrected chi connectivity index (χ0v) is 21.3. The van der Waals surface area contributed by atoms with Gasteiger partial charge in [-0.25, -0.2) is 4.98 Å². The number of aromatic nitrogens is 2. The number of hydrogen-bond donors (Lipinski definition) is 1. The molecule has 1 aliphatic carbocycles. The van der Waals surface area contributed by atoms with E-state index in [1.807, 2.05) is 31.3 Å². The number of aromatic hydroxyl groups is 1. The number of ether oxygens (including phenoxy) is 1. The molecular formula is C30H34N4O3. The largest absolute Gasteiger partial charge is 0.506 e. The zero-order valence-electron chi connectivity index (χ0n) is 21.3. The second-order valence-electron chi connectivity index (χ2n) is 10.4. The third-order valence-electron chi connectivity index (χ3n) is 7.73. The normalized spacial score (nSPS) is 20.5. The predicted molar refractivity (Wildman–Crippen MR) is 144 cm³/mol. The highest BCUT2D eigenvalue weighted by Crippen LogP contribution is 2.46. The van der Waals surface area contributed by atoms with E-state index in [4.69, 9.17) is 4.74 Å². The van der Waals surface area contributed by atoms with Crippen molar-refractivity contribution in [1.82, 2.24) is 14.5 Å². The molecule has 3 aromatic rings. The Bertz CT molecular complexity index is 1300. The number of carbonyl (C=O) groups excluding carboxylic acids is 1. The van der Waals surface area contributed by atoms with Gasteiger partial charge in [0.1, 0.15) is 5.75 Å². The second kappa shape index (κ2) is 10.1. The summed E-state index contributed by atoms with van der Waals surface area (Å²) in [4.78, 5) is 22.4. The number of hydrogen-bond acceptors (Lipinski definition) is 5. The summed E-state index contributed by atoms with van der Waals surface area (Å²) in [6, 6.07) is 14.5. The molecule has 37 heavy (non-hydrogen) atoms. The molecule has 1 aromatic heterocycles. The van der Waals surface area contributed by atoms with Crippen molar-refractivity contribution < 1.29 is 14.6 Å². The van der Waals surface area contributed by atoms with Crippen LogP contribution in [0.4, 0.5) is 5.69 Å². The summed E-state index contributed by atoms with van der Waals surface area (Å²) in [5.74, 6) is 0.816. The van der Waals surface area contributed by atoms with Crippen LogP contribution in [0.1, 0.15) is 48.5 Å². The van der Waals surface area contributed by atoms with Crippen LogP contribution in [0.25, 0.3) is 11.8 Å². The van der Waals surface area contributed by atoms with Crippen molar-refractivity contribution in [2.45, 2.75) is 38.6 Å². The number of likely N-dealkylation sites (tertiary alicyclic amines) is 1. The van der Waals surface area contributed by atoms with Gasteiger partial charge in [-0.3, -0.25) is 4.79 Å². The summed E-state index contributed by atoms with van der Waals surface area (Å²) in [7, 11) is 0. The van der Waals surface area contributed by atoms with Gasteiger partial charge in [0.25, 0.3) is 0 Å². The lowest BCUT2D eigenvalue weighted by molar-refractivity contribution is -0.131. The van der Waals surface area contributed by atoms with Crippen LogP contribution in [0, 0.1) is 12.8 Å². The van der Waals surface area contributed by atoms with Gasteiger partial charge in [0.15, 0.2) is 0 Å². The van der Waals surface area contributed by atoms with Crippen molar-refractivity contribution in [2.75, 3.05) is 37.7 Å². The van der Waals surface area contributed by atoms with Gasteiger partial charge >= 0.3 is 0 Å². The lowest BCUT2D eigenvalue weighted by Crippen LogP contribution is -2.40. The molecule has 192 valence electrons. The lowest BCUT2D eigenvalue weighted by atomic mass is 9.94. The van der Waals surface area contributed by atoms with Gasteiger partial charge in [0, 0.05) is 37.1 Å². The molecule has 1 N–H and O–H groups in total. The number of imidazole rings is 1. The minimum absolute atomic E-state index is 0.120. The lowest BCUT2D eigenvalue weighted by Gasteiger charge is -2.37. The fourth-order valence-electron chi connectivity index (χ4n) is 5.66. The number of rotatable bonds is 6. The van der Waals surface area contributed by atoms with Gasteiger partial charge in [-0.2, -0.15) is 0 Å². The van der Waals surface area contributed by atoms with Gasteiger partial charge in [-0.1, -0.05) is 18.2 Å². The number of aryl methyl sites for hydroxylation is 1. The minimum atomic E-state index is 0.120. The van der Waals surface area contributed by atoms with Crippen molar-refractivity contribution in [1.29, 1.82) is 0 Å². The van der Waals surface area contributed by atoms with Crippen LogP contribution in [0.15, 0.2) is 60.6 Å². The molecule has 3 heterocycles. The van der Waals surface area contributed by atoms with Crippen LogP contribution in [-0.2, 0) is 9.53 Å². The van der Waals surface area contributed by atoms with Gasteiger partial charge in [0.2, 0.25) is 5.91 Å². The molecule has 1 atom stereocenters. The first-order valence-corrected chi connectivity index (χ1v) is 13.3. The van der Waals surface area contributed by atoms with E-state index in [2.05, 4.69) is 39.0 Å². The Morgan fingerprint density at radius 3 is 2.54 bits per heavy atom. The number of anilines is 1. The SMILES string of the molecule is Cc1cn(-c2ccc(/C=C3\CCCN([C@H](c4ccc(N5CCOCC5)cc4)C4CC4)C3=O)cc2O)cn1. The molecule has 3 fully saturated rings. The molecule has 6 rings (SSSR count). The molecule has 0 spiro atoms. The molecule has 0 unspecified atom stereocenters. The quantitative estimate of drug-likeness (QED) is 0.491. The first-order chi connectivity index (χ1) is 18.1. The molecule has 2 aliphatic heterocycles. The summed E-state index contributed by atoms with van der Waals surface area (Å²) < 4.78 is 7.30. The minimum Gasteiger partial charge on any atom is -0.506 e. The summed E-state index contributed by atoms with van der Waals surface area (Å²) in [6.07, 6.45) is 9.56. The average Bonchev–Trinajstić information content (AvgIpc) is 3.66. The first-order valence-electron chi connectivity index (χ1n) is 13.3. The summed E-state index contributed by atoms with van der Waals surface area (Å²) in [6.45, 7) is 6.08. The number of benzene rings is 2. The average molecular weight is 499 g/mol. The van der Waals surface area contributed by atoms with Crippen molar-refractivity contribution >= 4 is 17.7 Å². The molecule has 2 aromatic carbocycles. The Balaban J connectivity index is 1.22. The van der Waals surface area contributed by atoms with Crippen LogP contribution in [0.3, 0.4) is 0 Å². The van der Waals surface area contributed by atoms with Crippen LogP contribution in [-0.4, -0.2) is 58.3 Å². The second-order valence-corrected chi connectivity index (χ2v) is 10.4. The summed E-state index contributed by atoms with van der Waals surface area (Å²) >= 11 is 0. The monoisotopic (exact) mass is 498 g/mol. The summed E-state index contributed by atoms with van der Waals surface area (Å²) in [5, 5.41) is 10.7. The number of carbonyl (C=O) groups is 1. The van der Waals surface area contributed by atoms with Crippen molar-refractivity contribution in [3.05, 3.63) is 77.4 Å². The maximum Gasteiger partial charge on any atom is 0.250 e. The van der Waals surface area contributed by atoms with E-state index in [0.29, 0.717) is 11.6 Å². The van der Waals surface area contributed by atoms with Gasteiger partial charge in [-0.15, -0.1) is 0 Å². The maximum absolute atomic E-state index is 13.7. The highest BCUT2D eigenvalue weighted by atomic mass is 16.5. The highest BCUT2D eigenvalue weighted by Gasteiger charge is 2.40. The molecule has 7 heteroatoms. The van der Waals surface area contributed by atoms with E-state index in [1.165, 1.54) is 24.1 Å². The molecule has 7 nitrogen and oxygen atoms in total. The number of morpholine rings is 1. The zero-order chi connectivity index (χ0) is 25.4. The molecule has 0 radical (unpaired) electrons. The van der Waals surface area contributed by atoms with Gasteiger partial charge < -0.3 is 24.2 Å². The Kier molecular flexibility index (Phi) is 6.47. The Hall–Kier alpha value is -3.58. The van der Waals surface area contributed by atoms with E-state index in [0.717, 1.165) is 62.5 Å². The number of nitrogens with zero attached hydrogens (tertiary/aromatic N) is 4. The number of phenolic OH excluding ortho intramolecular Hbond substituents is 1. The smallest absolute Gasteiger partial charge is 0.250 e. The predicted octanol–water partition coefficient (Wildman–Crippen LogP) is 4.88. The molecular weight excluding hydrogens is 464 g/mol. The molecule has 3 aliphatic rings. The molecule has 1 saturated carbocycles. The molecule has 1 amide bonds. The number of piperidine rings is 1. The summed E-state index contributed by atoms with van der Waals surface area (Å²) in [5.41, 5.74) is 5.66. The fraction of sp³-hybridized carbons (Fsp3) is 0.400. The van der Waals surface area contributed by atoms with Crippen LogP contribution in [0.5, 0.6) is 5.75 Å². The third kappa shape index (κ3) is 5.01. The van der Waals surface area contributed by atoms with Crippen LogP contribution < -0.4 is 4.90 Å². The third-order valence-corrected chi connectivity index (χ3v) is 7.73. The van der Waals surface area contributed by atoms with Crippen molar-refractivity contribution in [3.63, 3.8) is 0 Å². The highest BCUT2D eigenvalue weighted by molar-refractivity contribution is 5.99. The first kappa shape index (κ1) is 23.8. The van der Waals surface area contributed by atoms with Crippen molar-refractivity contribution in [3.8, 4) is 11.4 Å². The molecule has 2 saturated heterocycles. The van der Waals surface area contributed by atoms with Crippen LogP contribution >= 0.6 is 0 Å².